The van der Waals surface area contributed by atoms with Gasteiger partial charge < -0.3 is 19.7 Å². The van der Waals surface area contributed by atoms with E-state index in [4.69, 9.17) is 9.47 Å². The topological polar surface area (TPSA) is 33.7 Å². The second-order valence-electron chi connectivity index (χ2n) is 6.62. The molecular weight excluding hydrogens is 392 g/mol. The molecule has 26 heavy (non-hydrogen) atoms. The van der Waals surface area contributed by atoms with E-state index in [9.17, 15) is 0 Å². The van der Waals surface area contributed by atoms with Crippen LogP contribution in [-0.4, -0.2) is 44.8 Å². The van der Waals surface area contributed by atoms with Gasteiger partial charge in [-0.1, -0.05) is 26.7 Å². The van der Waals surface area contributed by atoms with Crippen molar-refractivity contribution >= 4 is 15.9 Å². The Balaban J connectivity index is 2.42. The highest BCUT2D eigenvalue weighted by atomic mass is 79.9. The maximum atomic E-state index is 5.69. The van der Waals surface area contributed by atoms with E-state index in [0.29, 0.717) is 6.61 Å². The summed E-state index contributed by atoms with van der Waals surface area (Å²) >= 11 is 3.58. The Kier molecular flexibility index (Phi) is 12.8. The molecule has 0 aliphatic rings. The zero-order chi connectivity index (χ0) is 19.2. The van der Waals surface area contributed by atoms with E-state index in [-0.39, 0.29) is 0 Å². The number of hydrogen-bond acceptors (Lipinski definition) is 4. The molecule has 0 spiro atoms. The van der Waals surface area contributed by atoms with Crippen LogP contribution in [0.3, 0.4) is 0 Å². The van der Waals surface area contributed by atoms with E-state index in [2.05, 4.69) is 52.1 Å². The predicted octanol–water partition coefficient (Wildman–Crippen LogP) is 5.24. The summed E-state index contributed by atoms with van der Waals surface area (Å²) in [6.45, 7) is 12.7. The van der Waals surface area contributed by atoms with Gasteiger partial charge in [0.1, 0.15) is 0 Å². The molecule has 1 rings (SSSR count). The lowest BCUT2D eigenvalue weighted by Crippen LogP contribution is -2.29. The average molecular weight is 429 g/mol. The van der Waals surface area contributed by atoms with Gasteiger partial charge in [-0.15, -0.1) is 0 Å². The van der Waals surface area contributed by atoms with E-state index >= 15 is 0 Å². The Morgan fingerprint density at radius 1 is 1.00 bits per heavy atom. The Bertz CT molecular complexity index is 489. The third-order valence-corrected chi connectivity index (χ3v) is 4.98. The molecule has 0 radical (unpaired) electrons. The first kappa shape index (κ1) is 23.3. The lowest BCUT2D eigenvalue weighted by molar-refractivity contribution is 0.261. The maximum absolute atomic E-state index is 5.69. The van der Waals surface area contributed by atoms with E-state index < -0.39 is 0 Å². The molecule has 0 atom stereocenters. The van der Waals surface area contributed by atoms with E-state index in [0.717, 1.165) is 29.1 Å². The fourth-order valence-electron chi connectivity index (χ4n) is 2.94. The number of rotatable bonds is 15. The summed E-state index contributed by atoms with van der Waals surface area (Å²) in [6, 6.07) is 4.16. The maximum Gasteiger partial charge on any atom is 0.174 e. The predicted molar refractivity (Wildman–Crippen MR) is 114 cm³/mol. The fraction of sp³-hybridized carbons (Fsp3) is 0.714. The normalized spacial score (nSPS) is 11.2. The van der Waals surface area contributed by atoms with Crippen LogP contribution in [0.4, 0.5) is 0 Å². The molecule has 0 saturated carbocycles. The number of hydrogen-bond donors (Lipinski definition) is 1. The van der Waals surface area contributed by atoms with Crippen molar-refractivity contribution in [1.82, 2.24) is 10.2 Å². The standard InChI is InChI=1S/C21H37BrN2O2/c1-5-8-12-24(13-9-6-2)14-10-11-23-17-18-15-19(22)21(25-4)20(16-18)26-7-3/h15-16,23H,5-14,17H2,1-4H3. The van der Waals surface area contributed by atoms with Gasteiger partial charge in [0, 0.05) is 6.54 Å². The van der Waals surface area contributed by atoms with Crippen molar-refractivity contribution in [3.8, 4) is 11.5 Å². The lowest BCUT2D eigenvalue weighted by Gasteiger charge is -2.22. The zero-order valence-corrected chi connectivity index (χ0v) is 18.7. The van der Waals surface area contributed by atoms with Crippen LogP contribution in [0.5, 0.6) is 11.5 Å². The van der Waals surface area contributed by atoms with Crippen molar-refractivity contribution in [2.24, 2.45) is 0 Å². The SMILES string of the molecule is CCCCN(CCCC)CCCNCc1cc(Br)c(OC)c(OCC)c1. The van der Waals surface area contributed by atoms with Crippen LogP contribution in [0.1, 0.15) is 58.4 Å². The Hall–Kier alpha value is -0.780. The number of unbranched alkanes of at least 4 members (excludes halogenated alkanes) is 2. The number of halogens is 1. The van der Waals surface area contributed by atoms with Crippen molar-refractivity contribution in [2.75, 3.05) is 39.9 Å². The first-order valence-electron chi connectivity index (χ1n) is 10.1. The monoisotopic (exact) mass is 428 g/mol. The largest absolute Gasteiger partial charge is 0.492 e. The molecule has 1 N–H and O–H groups in total. The average Bonchev–Trinajstić information content (AvgIpc) is 2.63. The summed E-state index contributed by atoms with van der Waals surface area (Å²) in [4.78, 5) is 2.62. The molecule has 5 heteroatoms. The number of ether oxygens (including phenoxy) is 2. The van der Waals surface area contributed by atoms with E-state index in [1.165, 1.54) is 57.3 Å². The highest BCUT2D eigenvalue weighted by molar-refractivity contribution is 9.10. The minimum absolute atomic E-state index is 0.630. The van der Waals surface area contributed by atoms with E-state index in [1.54, 1.807) is 7.11 Å². The van der Waals surface area contributed by atoms with Crippen LogP contribution in [0.25, 0.3) is 0 Å². The highest BCUT2D eigenvalue weighted by Crippen LogP contribution is 2.36. The van der Waals surface area contributed by atoms with Crippen LogP contribution in [0.15, 0.2) is 16.6 Å². The Morgan fingerprint density at radius 2 is 1.65 bits per heavy atom. The molecular formula is C21H37BrN2O2. The molecule has 150 valence electrons. The van der Waals surface area contributed by atoms with Gasteiger partial charge in [-0.2, -0.15) is 0 Å². The van der Waals surface area contributed by atoms with Gasteiger partial charge in [0.2, 0.25) is 0 Å². The molecule has 4 nitrogen and oxygen atoms in total. The summed E-state index contributed by atoms with van der Waals surface area (Å²) in [7, 11) is 1.67. The quantitative estimate of drug-likeness (QED) is 0.387. The zero-order valence-electron chi connectivity index (χ0n) is 17.1. The Labute approximate surface area is 168 Å². The molecule has 0 saturated heterocycles. The third-order valence-electron chi connectivity index (χ3n) is 4.39. The van der Waals surface area contributed by atoms with Crippen molar-refractivity contribution in [3.05, 3.63) is 22.2 Å². The first-order chi connectivity index (χ1) is 12.7. The number of methoxy groups -OCH3 is 1. The van der Waals surface area contributed by atoms with Crippen molar-refractivity contribution in [3.63, 3.8) is 0 Å². The second-order valence-corrected chi connectivity index (χ2v) is 7.48. The third kappa shape index (κ3) is 8.74. The van der Waals surface area contributed by atoms with Gasteiger partial charge in [0.25, 0.3) is 0 Å². The fourth-order valence-corrected chi connectivity index (χ4v) is 3.60. The van der Waals surface area contributed by atoms with Crippen LogP contribution in [0.2, 0.25) is 0 Å². The van der Waals surface area contributed by atoms with Gasteiger partial charge in [-0.25, -0.2) is 0 Å². The summed E-state index contributed by atoms with van der Waals surface area (Å²) in [5.41, 5.74) is 1.20. The van der Waals surface area contributed by atoms with Crippen LogP contribution >= 0.6 is 15.9 Å². The minimum atomic E-state index is 0.630. The first-order valence-corrected chi connectivity index (χ1v) is 10.9. The van der Waals surface area contributed by atoms with Crippen LogP contribution < -0.4 is 14.8 Å². The molecule has 0 aliphatic carbocycles. The highest BCUT2D eigenvalue weighted by Gasteiger charge is 2.11. The molecule has 1 aromatic carbocycles. The van der Waals surface area contributed by atoms with Crippen molar-refractivity contribution in [1.29, 1.82) is 0 Å². The summed E-state index contributed by atoms with van der Waals surface area (Å²) in [6.07, 6.45) is 6.34. The Morgan fingerprint density at radius 3 is 2.23 bits per heavy atom. The van der Waals surface area contributed by atoms with Gasteiger partial charge in [-0.05, 0) is 86.0 Å². The van der Waals surface area contributed by atoms with Gasteiger partial charge in [0.15, 0.2) is 11.5 Å². The molecule has 0 aliphatic heterocycles. The summed E-state index contributed by atoms with van der Waals surface area (Å²) in [5.74, 6) is 1.56. The molecule has 0 fully saturated rings. The smallest absolute Gasteiger partial charge is 0.174 e. The second kappa shape index (κ2) is 14.3. The van der Waals surface area contributed by atoms with Crippen LogP contribution in [-0.2, 0) is 6.54 Å². The molecule has 0 heterocycles. The molecule has 0 bridgehead atoms. The summed E-state index contributed by atoms with van der Waals surface area (Å²) < 4.78 is 12.1. The summed E-state index contributed by atoms with van der Waals surface area (Å²) in [5, 5.41) is 3.56. The number of nitrogens with one attached hydrogen (secondary N) is 1. The van der Waals surface area contributed by atoms with E-state index in [1.807, 2.05) is 6.92 Å². The number of nitrogens with zero attached hydrogens (tertiary/aromatic N) is 1. The van der Waals surface area contributed by atoms with Crippen LogP contribution in [0, 0.1) is 0 Å². The van der Waals surface area contributed by atoms with Crippen molar-refractivity contribution < 1.29 is 9.47 Å². The van der Waals surface area contributed by atoms with Crippen molar-refractivity contribution in [2.45, 2.75) is 59.4 Å². The molecule has 0 unspecified atom stereocenters. The molecule has 0 aromatic heterocycles. The molecule has 0 amide bonds. The number of benzene rings is 1. The molecule has 1 aromatic rings. The van der Waals surface area contributed by atoms with Gasteiger partial charge >= 0.3 is 0 Å². The van der Waals surface area contributed by atoms with Gasteiger partial charge in [-0.3, -0.25) is 0 Å². The lowest BCUT2D eigenvalue weighted by atomic mass is 10.2. The minimum Gasteiger partial charge on any atom is -0.492 e. The van der Waals surface area contributed by atoms with Gasteiger partial charge in [0.05, 0.1) is 18.2 Å².